The average molecular weight is 453 g/mol. The van der Waals surface area contributed by atoms with Gasteiger partial charge in [-0.1, -0.05) is 60.7 Å². The van der Waals surface area contributed by atoms with E-state index >= 15 is 0 Å². The third-order valence-electron chi connectivity index (χ3n) is 3.91. The van der Waals surface area contributed by atoms with Crippen LogP contribution in [0.15, 0.2) is 65.7 Å². The molecule has 0 saturated heterocycles. The second kappa shape index (κ2) is 12.7. The van der Waals surface area contributed by atoms with Crippen LogP contribution in [0.5, 0.6) is 0 Å². The Morgan fingerprint density at radius 3 is 2.24 bits per heavy atom. The van der Waals surface area contributed by atoms with Gasteiger partial charge < -0.3 is 15.4 Å². The molecular weight excluding hydrogens is 425 g/mol. The van der Waals surface area contributed by atoms with Crippen molar-refractivity contribution >= 4 is 29.9 Å². The van der Waals surface area contributed by atoms with Crippen LogP contribution in [0.1, 0.15) is 23.7 Å². The van der Waals surface area contributed by atoms with E-state index in [-0.39, 0.29) is 30.1 Å². The number of rotatable bonds is 8. The lowest BCUT2D eigenvalue weighted by Gasteiger charge is -2.18. The molecule has 0 aromatic heterocycles. The molecule has 2 aromatic carbocycles. The summed E-state index contributed by atoms with van der Waals surface area (Å²) >= 11 is 0. The molecule has 0 aliphatic rings. The summed E-state index contributed by atoms with van der Waals surface area (Å²) in [7, 11) is 3.52. The summed E-state index contributed by atoms with van der Waals surface area (Å²) in [4.78, 5) is 4.27. The maximum Gasteiger partial charge on any atom is 0.191 e. The molecule has 0 radical (unpaired) electrons. The smallest absolute Gasteiger partial charge is 0.191 e. The largest absolute Gasteiger partial charge is 0.375 e. The van der Waals surface area contributed by atoms with Crippen LogP contribution in [0.3, 0.4) is 0 Å². The Morgan fingerprint density at radius 2 is 1.64 bits per heavy atom. The van der Waals surface area contributed by atoms with Crippen LogP contribution in [0.4, 0.5) is 0 Å². The van der Waals surface area contributed by atoms with Crippen molar-refractivity contribution in [1.29, 1.82) is 0 Å². The van der Waals surface area contributed by atoms with Gasteiger partial charge in [-0.05, 0) is 24.0 Å². The Balaban J connectivity index is 0.00000312. The van der Waals surface area contributed by atoms with Crippen LogP contribution in [0, 0.1) is 0 Å². The van der Waals surface area contributed by atoms with Crippen LogP contribution >= 0.6 is 24.0 Å². The van der Waals surface area contributed by atoms with E-state index < -0.39 is 0 Å². The molecule has 0 aliphatic carbocycles. The summed E-state index contributed by atoms with van der Waals surface area (Å²) in [5, 5.41) is 6.69. The standard InChI is InChI=1S/C20H27N3O.HI/c1-21-20(22-15-9-12-17-10-5-3-6-11-17)23-16-19(24-2)18-13-7-4-8-14-18;/h3-8,10-11,13-14,19H,9,12,15-16H2,1-2H3,(H2,21,22,23);1H. The molecule has 0 amide bonds. The van der Waals surface area contributed by atoms with Crippen molar-refractivity contribution in [2.24, 2.45) is 4.99 Å². The molecule has 0 saturated carbocycles. The molecule has 4 nitrogen and oxygen atoms in total. The highest BCUT2D eigenvalue weighted by Gasteiger charge is 2.10. The van der Waals surface area contributed by atoms with Gasteiger partial charge in [0.1, 0.15) is 0 Å². The Morgan fingerprint density at radius 1 is 1.00 bits per heavy atom. The fourth-order valence-electron chi connectivity index (χ4n) is 2.56. The maximum absolute atomic E-state index is 5.57. The van der Waals surface area contributed by atoms with E-state index in [0.29, 0.717) is 6.54 Å². The molecule has 0 bridgehead atoms. The number of halogens is 1. The van der Waals surface area contributed by atoms with Gasteiger partial charge in [-0.3, -0.25) is 4.99 Å². The Kier molecular flexibility index (Phi) is 10.9. The molecule has 136 valence electrons. The van der Waals surface area contributed by atoms with E-state index in [0.717, 1.165) is 30.9 Å². The minimum absolute atomic E-state index is 0. The van der Waals surface area contributed by atoms with E-state index in [4.69, 9.17) is 4.74 Å². The summed E-state index contributed by atoms with van der Waals surface area (Å²) in [6, 6.07) is 20.7. The average Bonchev–Trinajstić information content (AvgIpc) is 2.65. The number of hydrogen-bond donors (Lipinski definition) is 2. The van der Waals surface area contributed by atoms with Gasteiger partial charge in [0.05, 0.1) is 6.10 Å². The van der Waals surface area contributed by atoms with Gasteiger partial charge in [-0.2, -0.15) is 0 Å². The van der Waals surface area contributed by atoms with Gasteiger partial charge in [-0.25, -0.2) is 0 Å². The molecule has 25 heavy (non-hydrogen) atoms. The number of ether oxygens (including phenoxy) is 1. The van der Waals surface area contributed by atoms with Crippen molar-refractivity contribution in [3.8, 4) is 0 Å². The van der Waals surface area contributed by atoms with Crippen molar-refractivity contribution in [1.82, 2.24) is 10.6 Å². The molecule has 2 N–H and O–H groups in total. The first-order chi connectivity index (χ1) is 11.8. The molecular formula is C20H28IN3O. The summed E-state index contributed by atoms with van der Waals surface area (Å²) in [6.07, 6.45) is 2.14. The number of benzene rings is 2. The Labute approximate surface area is 168 Å². The highest BCUT2D eigenvalue weighted by atomic mass is 127. The zero-order valence-corrected chi connectivity index (χ0v) is 17.3. The number of nitrogens with zero attached hydrogens (tertiary/aromatic N) is 1. The summed E-state index contributed by atoms with van der Waals surface area (Å²) < 4.78 is 5.57. The zero-order valence-electron chi connectivity index (χ0n) is 14.9. The fraction of sp³-hybridized carbons (Fsp3) is 0.350. The van der Waals surface area contributed by atoms with Gasteiger partial charge >= 0.3 is 0 Å². The van der Waals surface area contributed by atoms with E-state index in [1.165, 1.54) is 5.56 Å². The van der Waals surface area contributed by atoms with Crippen LogP contribution in [-0.4, -0.2) is 33.2 Å². The van der Waals surface area contributed by atoms with Gasteiger partial charge in [0.15, 0.2) is 5.96 Å². The second-order valence-corrected chi connectivity index (χ2v) is 5.60. The van der Waals surface area contributed by atoms with Crippen LogP contribution in [-0.2, 0) is 11.2 Å². The molecule has 0 spiro atoms. The van der Waals surface area contributed by atoms with Gasteiger partial charge in [0.2, 0.25) is 0 Å². The first kappa shape index (κ1) is 21.4. The minimum atomic E-state index is 0. The first-order valence-electron chi connectivity index (χ1n) is 8.39. The predicted molar refractivity (Wildman–Crippen MR) is 116 cm³/mol. The van der Waals surface area contributed by atoms with Crippen LogP contribution in [0.25, 0.3) is 0 Å². The highest BCUT2D eigenvalue weighted by molar-refractivity contribution is 14.0. The lowest BCUT2D eigenvalue weighted by molar-refractivity contribution is 0.106. The monoisotopic (exact) mass is 453 g/mol. The quantitative estimate of drug-likeness (QED) is 0.277. The molecule has 0 heterocycles. The topological polar surface area (TPSA) is 45.7 Å². The number of aliphatic imine (C=N–C) groups is 1. The minimum Gasteiger partial charge on any atom is -0.375 e. The van der Waals surface area contributed by atoms with E-state index in [2.05, 4.69) is 52.0 Å². The highest BCUT2D eigenvalue weighted by Crippen LogP contribution is 2.14. The zero-order chi connectivity index (χ0) is 17.0. The van der Waals surface area contributed by atoms with Gasteiger partial charge in [-0.15, -0.1) is 24.0 Å². The molecule has 1 unspecified atom stereocenters. The number of guanidine groups is 1. The van der Waals surface area contributed by atoms with E-state index in [1.807, 2.05) is 24.3 Å². The molecule has 1 atom stereocenters. The SMILES string of the molecule is CN=C(NCCCc1ccccc1)NCC(OC)c1ccccc1.I. The normalized spacial score (nSPS) is 12.2. The summed E-state index contributed by atoms with van der Waals surface area (Å²) in [6.45, 7) is 1.57. The fourth-order valence-corrected chi connectivity index (χ4v) is 2.56. The lowest BCUT2D eigenvalue weighted by Crippen LogP contribution is -2.40. The van der Waals surface area contributed by atoms with Gasteiger partial charge in [0.25, 0.3) is 0 Å². The Hall–Kier alpha value is -1.60. The molecule has 2 rings (SSSR count). The number of hydrogen-bond acceptors (Lipinski definition) is 2. The summed E-state index contributed by atoms with van der Waals surface area (Å²) in [5.41, 5.74) is 2.53. The van der Waals surface area contributed by atoms with Crippen molar-refractivity contribution in [3.63, 3.8) is 0 Å². The van der Waals surface area contributed by atoms with Gasteiger partial charge in [0, 0.05) is 27.2 Å². The third kappa shape index (κ3) is 7.88. The molecule has 5 heteroatoms. The van der Waals surface area contributed by atoms with E-state index in [9.17, 15) is 0 Å². The van der Waals surface area contributed by atoms with Crippen LogP contribution in [0.2, 0.25) is 0 Å². The lowest BCUT2D eigenvalue weighted by atomic mass is 10.1. The van der Waals surface area contributed by atoms with Crippen molar-refractivity contribution in [2.45, 2.75) is 18.9 Å². The molecule has 0 aliphatic heterocycles. The maximum atomic E-state index is 5.57. The second-order valence-electron chi connectivity index (χ2n) is 5.60. The molecule has 2 aromatic rings. The van der Waals surface area contributed by atoms with Crippen molar-refractivity contribution < 1.29 is 4.74 Å². The Bertz CT molecular complexity index is 605. The predicted octanol–water partition coefficient (Wildman–Crippen LogP) is 3.79. The third-order valence-corrected chi connectivity index (χ3v) is 3.91. The first-order valence-corrected chi connectivity index (χ1v) is 8.39. The summed E-state index contributed by atoms with van der Waals surface area (Å²) in [5.74, 6) is 0.807. The number of methoxy groups -OCH3 is 1. The van der Waals surface area contributed by atoms with E-state index in [1.54, 1.807) is 14.2 Å². The van der Waals surface area contributed by atoms with Crippen molar-refractivity contribution in [2.75, 3.05) is 27.2 Å². The number of aryl methyl sites for hydroxylation is 1. The number of nitrogens with one attached hydrogen (secondary N) is 2. The van der Waals surface area contributed by atoms with Crippen LogP contribution < -0.4 is 10.6 Å². The van der Waals surface area contributed by atoms with Crippen molar-refractivity contribution in [3.05, 3.63) is 71.8 Å². The molecule has 0 fully saturated rings.